The maximum atomic E-state index is 13.0. The predicted octanol–water partition coefficient (Wildman–Crippen LogP) is -0.246. The monoisotopic (exact) mass is 571 g/mol. The van der Waals surface area contributed by atoms with Gasteiger partial charge in [0.05, 0.1) is 6.54 Å². The van der Waals surface area contributed by atoms with Gasteiger partial charge in [-0.25, -0.2) is 14.4 Å². The number of imide groups is 1. The molecule has 3 aromatic rings. The second-order valence-corrected chi connectivity index (χ2v) is 8.61. The van der Waals surface area contributed by atoms with Gasteiger partial charge < -0.3 is 42.5 Å². The van der Waals surface area contributed by atoms with Crippen LogP contribution in [0.5, 0.6) is 0 Å². The number of carboxylic acid groups (broad SMARTS) is 2. The number of fused-ring (bicyclic) bond motifs is 1. The third-order valence-electron chi connectivity index (χ3n) is 5.98. The average molecular weight is 572 g/mol. The van der Waals surface area contributed by atoms with Gasteiger partial charge in [0.15, 0.2) is 0 Å². The first-order valence-corrected chi connectivity index (χ1v) is 12.0. The number of hydrogen-bond donors (Lipinski definition) is 6. The first kappa shape index (κ1) is 34.0. The molecule has 4 rings (SSSR count). The molecule has 1 aromatic heterocycles. The highest BCUT2D eigenvalue weighted by Crippen LogP contribution is 2.23. The summed E-state index contributed by atoms with van der Waals surface area (Å²) in [7, 11) is 1.54. The van der Waals surface area contributed by atoms with E-state index >= 15 is 0 Å². The summed E-state index contributed by atoms with van der Waals surface area (Å²) in [5, 5.41) is 22.1. The first-order valence-electron chi connectivity index (χ1n) is 12.0. The lowest BCUT2D eigenvalue weighted by atomic mass is 10.0. The van der Waals surface area contributed by atoms with E-state index in [1.165, 1.54) is 4.90 Å². The van der Waals surface area contributed by atoms with Crippen molar-refractivity contribution in [2.75, 3.05) is 13.6 Å². The molecule has 14 heteroatoms. The lowest BCUT2D eigenvalue weighted by Crippen LogP contribution is -2.33. The predicted molar refractivity (Wildman–Crippen MR) is 149 cm³/mol. The number of rotatable bonds is 9. The number of aliphatic carboxylic acids is 2. The number of hydrogen-bond acceptors (Lipinski definition) is 6. The maximum Gasteiger partial charge on any atom is 0.328 e. The molecular weight excluding hydrogens is 538 g/mol. The van der Waals surface area contributed by atoms with Gasteiger partial charge in [0.1, 0.15) is 6.04 Å². The normalized spacial score (nSPS) is 14.0. The van der Waals surface area contributed by atoms with E-state index in [1.54, 1.807) is 31.3 Å². The molecule has 4 amide bonds. The van der Waals surface area contributed by atoms with Crippen LogP contribution in [0.4, 0.5) is 4.79 Å². The Kier molecular flexibility index (Phi) is 12.9. The smallest absolute Gasteiger partial charge is 0.328 e. The van der Waals surface area contributed by atoms with Gasteiger partial charge in [-0.2, -0.15) is 0 Å². The fourth-order valence-electron chi connectivity index (χ4n) is 4.14. The number of carbonyl (C=O) groups excluding carboxylic acids is 3. The van der Waals surface area contributed by atoms with E-state index in [2.05, 4.69) is 15.6 Å². The SMILES string of the molecule is CNC(=O)c1ccccc1CN1C(=O)NC(Cc2ccc3[nH]cc(CCN)c3c2)C1=O.O.O.O=C(O)C=CC(=O)O. The Morgan fingerprint density at radius 1 is 1.02 bits per heavy atom. The number of nitrogens with two attached hydrogens (primary N) is 1. The third-order valence-corrected chi connectivity index (χ3v) is 5.98. The number of H-pyrrole nitrogens is 1. The molecule has 0 aliphatic carbocycles. The molecule has 1 unspecified atom stereocenters. The van der Waals surface area contributed by atoms with E-state index in [4.69, 9.17) is 15.9 Å². The lowest BCUT2D eigenvalue weighted by Gasteiger charge is -2.15. The van der Waals surface area contributed by atoms with Crippen molar-refractivity contribution in [3.05, 3.63) is 83.1 Å². The van der Waals surface area contributed by atoms with Gasteiger partial charge in [0, 0.05) is 48.3 Å². The van der Waals surface area contributed by atoms with Crippen LogP contribution < -0.4 is 16.4 Å². The van der Waals surface area contributed by atoms with Crippen molar-refractivity contribution in [2.45, 2.75) is 25.4 Å². The van der Waals surface area contributed by atoms with Gasteiger partial charge in [-0.15, -0.1) is 0 Å². The van der Waals surface area contributed by atoms with E-state index in [9.17, 15) is 24.0 Å². The van der Waals surface area contributed by atoms with Crippen molar-refractivity contribution in [3.63, 3.8) is 0 Å². The van der Waals surface area contributed by atoms with E-state index in [0.717, 1.165) is 28.5 Å². The van der Waals surface area contributed by atoms with Crippen LogP contribution in [0.3, 0.4) is 0 Å². The third kappa shape index (κ3) is 8.72. The lowest BCUT2D eigenvalue weighted by molar-refractivity contribution is -0.134. The molecule has 1 aliphatic rings. The van der Waals surface area contributed by atoms with Crippen LogP contribution in [-0.2, 0) is 33.8 Å². The van der Waals surface area contributed by atoms with Gasteiger partial charge in [0.25, 0.3) is 11.8 Å². The van der Waals surface area contributed by atoms with Crippen LogP contribution in [0.2, 0.25) is 0 Å². The first-order chi connectivity index (χ1) is 18.6. The van der Waals surface area contributed by atoms with Gasteiger partial charge >= 0.3 is 18.0 Å². The summed E-state index contributed by atoms with van der Waals surface area (Å²) < 4.78 is 0. The molecule has 2 aromatic carbocycles. The topological polar surface area (TPSA) is 258 Å². The second kappa shape index (κ2) is 15.5. The van der Waals surface area contributed by atoms with Crippen molar-refractivity contribution < 1.29 is 45.1 Å². The number of aromatic nitrogens is 1. The highest BCUT2D eigenvalue weighted by molar-refractivity contribution is 6.04. The van der Waals surface area contributed by atoms with E-state index in [-0.39, 0.29) is 29.3 Å². The minimum Gasteiger partial charge on any atom is -0.478 e. The van der Waals surface area contributed by atoms with E-state index in [1.807, 2.05) is 24.4 Å². The van der Waals surface area contributed by atoms with Crippen LogP contribution in [0.25, 0.3) is 10.9 Å². The van der Waals surface area contributed by atoms with Crippen LogP contribution in [0.1, 0.15) is 27.0 Å². The number of nitrogens with zero attached hydrogens (tertiary/aromatic N) is 1. The summed E-state index contributed by atoms with van der Waals surface area (Å²) in [5.41, 5.74) is 9.86. The fourth-order valence-corrected chi connectivity index (χ4v) is 4.14. The van der Waals surface area contributed by atoms with E-state index < -0.39 is 24.0 Å². The number of nitrogens with one attached hydrogen (secondary N) is 3. The Morgan fingerprint density at radius 3 is 2.29 bits per heavy atom. The van der Waals surface area contributed by atoms with Gasteiger partial charge in [0.2, 0.25) is 0 Å². The van der Waals surface area contributed by atoms with Crippen LogP contribution in [0.15, 0.2) is 60.8 Å². The Labute approximate surface area is 234 Å². The van der Waals surface area contributed by atoms with Crippen molar-refractivity contribution in [1.29, 1.82) is 0 Å². The summed E-state index contributed by atoms with van der Waals surface area (Å²) in [5.74, 6) is -3.07. The van der Waals surface area contributed by atoms with Gasteiger partial charge in [-0.3, -0.25) is 14.5 Å². The molecule has 220 valence electrons. The standard InChI is InChI=1S/C23H25N5O3.C4H4O4.2H2O/c1-25-21(29)17-5-3-2-4-16(17)13-28-22(30)20(27-23(28)31)11-14-6-7-19-18(10-14)15(8-9-24)12-26-19;5-3(6)1-2-4(7)8;;/h2-7,10,12,20,26H,8-9,11,13,24H2,1H3,(H,25,29)(H,27,31);1-2H,(H,5,6)(H,7,8);2*1H2. The minimum atomic E-state index is -1.26. The largest absolute Gasteiger partial charge is 0.478 e. The number of urea groups is 1. The number of benzene rings is 2. The number of amides is 4. The zero-order chi connectivity index (χ0) is 28.5. The van der Waals surface area contributed by atoms with Crippen molar-refractivity contribution in [1.82, 2.24) is 20.5 Å². The molecule has 14 nitrogen and oxygen atoms in total. The Hall–Kier alpha value is -5.05. The molecule has 0 bridgehead atoms. The molecule has 0 radical (unpaired) electrons. The van der Waals surface area contributed by atoms with Crippen molar-refractivity contribution in [3.8, 4) is 0 Å². The molecule has 1 saturated heterocycles. The molecule has 1 fully saturated rings. The highest BCUT2D eigenvalue weighted by atomic mass is 16.4. The minimum absolute atomic E-state index is 0. The average Bonchev–Trinajstić information content (AvgIpc) is 3.43. The Morgan fingerprint density at radius 2 is 1.68 bits per heavy atom. The summed E-state index contributed by atoms with van der Waals surface area (Å²) >= 11 is 0. The quantitative estimate of drug-likeness (QED) is 0.147. The number of carboxylic acids is 2. The van der Waals surface area contributed by atoms with Gasteiger partial charge in [-0.1, -0.05) is 24.3 Å². The van der Waals surface area contributed by atoms with Crippen LogP contribution >= 0.6 is 0 Å². The van der Waals surface area contributed by atoms with Crippen molar-refractivity contribution in [2.24, 2.45) is 5.73 Å². The molecule has 1 aliphatic heterocycles. The molecule has 11 N–H and O–H groups in total. The molecule has 0 saturated carbocycles. The van der Waals surface area contributed by atoms with Gasteiger partial charge in [-0.05, 0) is 47.9 Å². The summed E-state index contributed by atoms with van der Waals surface area (Å²) in [6, 6.07) is 11.8. The Bertz CT molecular complexity index is 1420. The highest BCUT2D eigenvalue weighted by Gasteiger charge is 2.38. The molecule has 1 atom stereocenters. The van der Waals surface area contributed by atoms with Crippen molar-refractivity contribution >= 4 is 40.7 Å². The fraction of sp³-hybridized carbons (Fsp3) is 0.222. The van der Waals surface area contributed by atoms with Crippen LogP contribution in [-0.4, -0.2) is 80.5 Å². The molecule has 41 heavy (non-hydrogen) atoms. The Balaban J connectivity index is 0.000000740. The van der Waals surface area contributed by atoms with Crippen LogP contribution in [0, 0.1) is 0 Å². The zero-order valence-corrected chi connectivity index (χ0v) is 22.1. The summed E-state index contributed by atoms with van der Waals surface area (Å²) in [6.07, 6.45) is 4.22. The number of aromatic amines is 1. The molecule has 2 heterocycles. The zero-order valence-electron chi connectivity index (χ0n) is 22.1. The second-order valence-electron chi connectivity index (χ2n) is 8.61. The molecule has 0 spiro atoms. The molecular formula is C27H33N5O9. The maximum absolute atomic E-state index is 13.0. The summed E-state index contributed by atoms with van der Waals surface area (Å²) in [6.45, 7) is 0.600. The summed E-state index contributed by atoms with van der Waals surface area (Å²) in [4.78, 5) is 61.1. The van der Waals surface area contributed by atoms with E-state index in [0.29, 0.717) is 36.2 Å². The number of carbonyl (C=O) groups is 5.